The van der Waals surface area contributed by atoms with Crippen LogP contribution < -0.4 is 0 Å². The summed E-state index contributed by atoms with van der Waals surface area (Å²) in [5.41, 5.74) is -6.18. The fraction of sp³-hybridized carbons (Fsp3) is 0.600. The van der Waals surface area contributed by atoms with E-state index in [4.69, 9.17) is 18.9 Å². The summed E-state index contributed by atoms with van der Waals surface area (Å²) in [6.45, 7) is 4.95. The molecule has 11 nitrogen and oxygen atoms in total. The van der Waals surface area contributed by atoms with Crippen LogP contribution in [0.5, 0.6) is 0 Å². The minimum atomic E-state index is -2.57. The minimum Gasteiger partial charge on any atom is -0.507 e. The zero-order valence-electron chi connectivity index (χ0n) is 20.3. The second kappa shape index (κ2) is 7.42. The summed E-state index contributed by atoms with van der Waals surface area (Å²) in [7, 11) is 0. The number of aliphatic carboxylic acids is 1. The zero-order chi connectivity index (χ0) is 26.5. The summed E-state index contributed by atoms with van der Waals surface area (Å²) in [5.74, 6) is -9.72. The molecule has 0 aromatic carbocycles. The average molecular weight is 507 g/mol. The summed E-state index contributed by atoms with van der Waals surface area (Å²) >= 11 is 0. The van der Waals surface area contributed by atoms with Gasteiger partial charge in [0.2, 0.25) is 5.79 Å². The molecule has 2 bridgehead atoms. The first-order chi connectivity index (χ1) is 16.6. The third kappa shape index (κ3) is 2.86. The second-order valence-electron chi connectivity index (χ2n) is 10.6. The zero-order valence-corrected chi connectivity index (χ0v) is 20.3. The molecule has 7 unspecified atom stereocenters. The van der Waals surface area contributed by atoms with E-state index < -0.39 is 64.0 Å². The van der Waals surface area contributed by atoms with Crippen LogP contribution in [0.2, 0.25) is 0 Å². The van der Waals surface area contributed by atoms with Gasteiger partial charge in [0.1, 0.15) is 17.3 Å². The van der Waals surface area contributed by atoms with Crippen molar-refractivity contribution in [2.45, 2.75) is 81.1 Å². The van der Waals surface area contributed by atoms with Crippen molar-refractivity contribution in [1.82, 2.24) is 0 Å². The molecule has 11 heteroatoms. The van der Waals surface area contributed by atoms with E-state index in [1.807, 2.05) is 24.3 Å². The average Bonchev–Trinajstić information content (AvgIpc) is 2.80. The van der Waals surface area contributed by atoms with Crippen LogP contribution in [0.15, 0.2) is 47.7 Å². The first kappa shape index (κ1) is 25.0. The Morgan fingerprint density at radius 1 is 1.08 bits per heavy atom. The van der Waals surface area contributed by atoms with Crippen LogP contribution >= 0.6 is 0 Å². The number of ether oxygens (including phenoxy) is 4. The van der Waals surface area contributed by atoms with Gasteiger partial charge in [0.25, 0.3) is 0 Å². The fourth-order valence-corrected chi connectivity index (χ4v) is 5.87. The largest absolute Gasteiger partial charge is 0.507 e. The summed E-state index contributed by atoms with van der Waals surface area (Å²) < 4.78 is 23.1. The van der Waals surface area contributed by atoms with Crippen LogP contribution in [0.1, 0.15) is 40.5 Å². The Balaban J connectivity index is 1.48. The van der Waals surface area contributed by atoms with Crippen molar-refractivity contribution in [2.24, 2.45) is 11.8 Å². The lowest BCUT2D eigenvalue weighted by Crippen LogP contribution is -2.96. The van der Waals surface area contributed by atoms with Crippen LogP contribution in [-0.4, -0.2) is 77.9 Å². The molecule has 2 aliphatic carbocycles. The number of rotatable bonds is 4. The van der Waals surface area contributed by atoms with E-state index in [-0.39, 0.29) is 23.9 Å². The Kier molecular flexibility index (Phi) is 5.15. The van der Waals surface area contributed by atoms with E-state index >= 15 is 0 Å². The number of allylic oxidation sites excluding steroid dienone is 3. The van der Waals surface area contributed by atoms with E-state index in [2.05, 4.69) is 0 Å². The highest BCUT2D eigenvalue weighted by atomic mass is 16.9. The maximum atomic E-state index is 12.9. The molecule has 0 amide bonds. The van der Waals surface area contributed by atoms with Crippen molar-refractivity contribution in [3.8, 4) is 0 Å². The Bertz CT molecular complexity index is 1150. The van der Waals surface area contributed by atoms with Gasteiger partial charge in [0, 0.05) is 19.3 Å². The molecule has 196 valence electrons. The Morgan fingerprint density at radius 3 is 2.36 bits per heavy atom. The maximum Gasteiger partial charge on any atom is 0.367 e. The predicted octanol–water partition coefficient (Wildman–Crippen LogP) is 1.52. The van der Waals surface area contributed by atoms with Gasteiger partial charge < -0.3 is 39.7 Å². The van der Waals surface area contributed by atoms with Crippen LogP contribution in [0, 0.1) is 11.8 Å². The smallest absolute Gasteiger partial charge is 0.367 e. The third-order valence-electron chi connectivity index (χ3n) is 8.64. The molecule has 5 N–H and O–H groups in total. The van der Waals surface area contributed by atoms with Gasteiger partial charge in [-0.05, 0) is 33.3 Å². The maximum absolute atomic E-state index is 12.9. The van der Waals surface area contributed by atoms with Crippen LogP contribution in [0.25, 0.3) is 0 Å². The number of hydrogen-bond acceptors (Lipinski definition) is 10. The van der Waals surface area contributed by atoms with Crippen molar-refractivity contribution < 1.29 is 54.1 Å². The SMILES string of the molecule is CC1(O)C2(C)OC(C(=O)O)(O[C@@]1(C)OC1=CC3OC(C4C=CC=CC4)CC(=O)C3C(O)=C1O)[C@@]2(C)O. The Morgan fingerprint density at radius 2 is 1.78 bits per heavy atom. The lowest BCUT2D eigenvalue weighted by atomic mass is 9.58. The molecular weight excluding hydrogens is 476 g/mol. The van der Waals surface area contributed by atoms with E-state index in [1.165, 1.54) is 33.8 Å². The van der Waals surface area contributed by atoms with Gasteiger partial charge in [0.05, 0.1) is 12.2 Å². The van der Waals surface area contributed by atoms with Gasteiger partial charge in [-0.2, -0.15) is 0 Å². The second-order valence-corrected chi connectivity index (χ2v) is 10.6. The van der Waals surface area contributed by atoms with Gasteiger partial charge in [-0.25, -0.2) is 4.79 Å². The number of Topliss-reactive ketones (excluding diaryl/α,β-unsaturated/α-hetero) is 1. The van der Waals surface area contributed by atoms with Gasteiger partial charge in [-0.1, -0.05) is 24.3 Å². The normalized spacial score (nSPS) is 49.7. The van der Waals surface area contributed by atoms with Crippen molar-refractivity contribution in [3.63, 3.8) is 0 Å². The molecule has 4 fully saturated rings. The highest BCUT2D eigenvalue weighted by Crippen LogP contribution is 2.65. The number of carboxylic acids is 1. The molecule has 6 aliphatic rings. The molecule has 9 atom stereocenters. The molecule has 4 aliphatic heterocycles. The summed E-state index contributed by atoms with van der Waals surface area (Å²) in [6, 6.07) is 0. The number of carbonyl (C=O) groups excluding carboxylic acids is 1. The molecule has 36 heavy (non-hydrogen) atoms. The fourth-order valence-electron chi connectivity index (χ4n) is 5.87. The molecular formula is C25H30O11. The van der Waals surface area contributed by atoms with Crippen molar-refractivity contribution in [1.29, 1.82) is 0 Å². The van der Waals surface area contributed by atoms with Crippen molar-refractivity contribution >= 4 is 11.8 Å². The van der Waals surface area contributed by atoms with Crippen molar-refractivity contribution in [3.05, 3.63) is 47.7 Å². The lowest BCUT2D eigenvalue weighted by molar-refractivity contribution is -0.584. The molecule has 0 aromatic heterocycles. The summed E-state index contributed by atoms with van der Waals surface area (Å²) in [6.07, 6.45) is 8.23. The van der Waals surface area contributed by atoms with Crippen LogP contribution in [0.3, 0.4) is 0 Å². The first-order valence-electron chi connectivity index (χ1n) is 11.8. The highest BCUT2D eigenvalue weighted by molar-refractivity contribution is 5.86. The highest BCUT2D eigenvalue weighted by Gasteiger charge is 2.90. The number of aliphatic hydroxyl groups is 4. The first-order valence-corrected chi connectivity index (χ1v) is 11.8. The van der Waals surface area contributed by atoms with Gasteiger partial charge >= 0.3 is 11.8 Å². The molecule has 0 spiro atoms. The number of hydrogen-bond donors (Lipinski definition) is 5. The standard InChI is InChI=1S/C25H30O11/c1-21(31)23(3)22(2,32)25(35-23,20(29)30)36-24(21,4)34-16-11-15-17(19(28)18(16)27)13(26)10-14(33-15)12-8-6-5-7-9-12/h5-8,11-12,14-15,17,27-28,31-32H,9-10H2,1-4H3,(H,29,30)/t12?,14?,15?,17?,21?,22-,23?,24+,25?/m0/s1. The predicted molar refractivity (Wildman–Crippen MR) is 120 cm³/mol. The van der Waals surface area contributed by atoms with E-state index in [0.29, 0.717) is 6.42 Å². The molecule has 0 aromatic rings. The van der Waals surface area contributed by atoms with E-state index in [1.54, 1.807) is 0 Å². The van der Waals surface area contributed by atoms with Crippen LogP contribution in [-0.2, 0) is 28.5 Å². The van der Waals surface area contributed by atoms with Crippen molar-refractivity contribution in [2.75, 3.05) is 0 Å². The van der Waals surface area contributed by atoms with Gasteiger partial charge in [-0.3, -0.25) is 9.53 Å². The molecule has 6 rings (SSSR count). The number of carbonyl (C=O) groups is 2. The number of ketones is 1. The number of carboxylic acid groups (broad SMARTS) is 1. The molecule has 0 radical (unpaired) electrons. The number of aliphatic hydroxyl groups excluding tert-OH is 2. The Hall–Kier alpha value is -2.70. The van der Waals surface area contributed by atoms with E-state index in [9.17, 15) is 35.1 Å². The van der Waals surface area contributed by atoms with Crippen LogP contribution in [0.4, 0.5) is 0 Å². The summed E-state index contributed by atoms with van der Waals surface area (Å²) in [5, 5.41) is 53.6. The quantitative estimate of drug-likeness (QED) is 0.374. The van der Waals surface area contributed by atoms with Gasteiger partial charge in [0.15, 0.2) is 28.5 Å². The summed E-state index contributed by atoms with van der Waals surface area (Å²) in [4.78, 5) is 25.0. The van der Waals surface area contributed by atoms with E-state index in [0.717, 1.165) is 0 Å². The molecule has 4 saturated heterocycles. The monoisotopic (exact) mass is 506 g/mol. The third-order valence-corrected chi connectivity index (χ3v) is 8.64. The Labute approximate surface area is 206 Å². The lowest BCUT2D eigenvalue weighted by Gasteiger charge is -2.73. The molecule has 4 heterocycles. The minimum absolute atomic E-state index is 0.0484. The number of fused-ring (bicyclic) bond motifs is 3. The van der Waals surface area contributed by atoms with Gasteiger partial charge in [-0.15, -0.1) is 0 Å². The topological polar surface area (TPSA) is 172 Å². The molecule has 0 saturated carbocycles.